The molecule has 0 amide bonds. The van der Waals surface area contributed by atoms with Crippen LogP contribution in [-0.4, -0.2) is 43.7 Å². The Morgan fingerprint density at radius 3 is 1.12 bits per heavy atom. The normalized spacial score (nSPS) is 19.0. The van der Waals surface area contributed by atoms with Crippen molar-refractivity contribution in [3.05, 3.63) is 29.2 Å². The van der Waals surface area contributed by atoms with Crippen LogP contribution < -0.4 is 0 Å². The summed E-state index contributed by atoms with van der Waals surface area (Å²) in [5, 5.41) is 0. The molecule has 145 valence electrons. The summed E-state index contributed by atoms with van der Waals surface area (Å²) in [4.78, 5) is 0. The average molecular weight is 462 g/mol. The first kappa shape index (κ1) is 26.7. The molecule has 0 bridgehead atoms. The van der Waals surface area contributed by atoms with Gasteiger partial charge in [0.15, 0.2) is 0 Å². The molecule has 2 nitrogen and oxygen atoms in total. The van der Waals surface area contributed by atoms with E-state index in [-0.39, 0.29) is 0 Å². The number of hydrogen-bond donors (Lipinski definition) is 0. The van der Waals surface area contributed by atoms with Gasteiger partial charge in [0.05, 0.1) is 0 Å². The minimum absolute atomic E-state index is 1.14. The van der Waals surface area contributed by atoms with Crippen molar-refractivity contribution < 1.29 is 14.7 Å². The van der Waals surface area contributed by atoms with E-state index >= 15 is 0 Å². The van der Waals surface area contributed by atoms with Crippen LogP contribution in [0.15, 0.2) is 0 Å². The second-order valence-corrected chi connectivity index (χ2v) is 18.0. The second-order valence-electron chi connectivity index (χ2n) is 6.45. The summed E-state index contributed by atoms with van der Waals surface area (Å²) in [7, 11) is 13.1. The molecular formula is C18H35Cl3N2SiTi+. The summed E-state index contributed by atoms with van der Waals surface area (Å²) < 4.78 is 5.49. The molecule has 0 unspecified atom stereocenters. The van der Waals surface area contributed by atoms with Gasteiger partial charge in [-0.3, -0.25) is 0 Å². The third-order valence-corrected chi connectivity index (χ3v) is 11.1. The van der Waals surface area contributed by atoms with Crippen molar-refractivity contribution in [3.63, 3.8) is 0 Å². The van der Waals surface area contributed by atoms with Gasteiger partial charge in [-0.2, -0.15) is 0 Å². The fourth-order valence-electron chi connectivity index (χ4n) is 4.12. The molecule has 1 fully saturated rings. The molecule has 0 heterocycles. The molecule has 0 atom stereocenters. The Labute approximate surface area is 176 Å². The molecule has 7 heteroatoms. The fraction of sp³-hybridized carbons (Fsp3) is 0.722. The molecule has 0 aromatic carbocycles. The van der Waals surface area contributed by atoms with E-state index in [1.54, 1.807) is 5.54 Å². The van der Waals surface area contributed by atoms with Crippen molar-refractivity contribution in [2.75, 3.05) is 26.2 Å². The van der Waals surface area contributed by atoms with Crippen LogP contribution >= 0.6 is 27.9 Å². The zero-order chi connectivity index (χ0) is 19.9. The second kappa shape index (κ2) is 12.3. The number of rotatable bonds is 7. The molecule has 25 heavy (non-hydrogen) atoms. The molecule has 1 aliphatic rings. The van der Waals surface area contributed by atoms with Gasteiger partial charge in [0, 0.05) is 5.54 Å². The summed E-state index contributed by atoms with van der Waals surface area (Å²) in [5.41, 5.74) is 1.67. The van der Waals surface area contributed by atoms with Crippen LogP contribution in [0.5, 0.6) is 0 Å². The first-order chi connectivity index (χ1) is 11.5. The standard InChI is InChI=1S/C18H35N2Si.3ClH.Ti/c1-10-19(11-2)21(9,20(12-3)13-4)18-16(7)14(5)15(6)17(18)8;;;;/h10-13H2,1-9H3;3*1H;/q;;;;+4/p-3. The van der Waals surface area contributed by atoms with Crippen LogP contribution in [0.4, 0.5) is 0 Å². The minimum atomic E-state index is -1.92. The number of hydrogen-bond acceptors (Lipinski definition) is 2. The van der Waals surface area contributed by atoms with E-state index in [0.717, 1.165) is 26.2 Å². The summed E-state index contributed by atoms with van der Waals surface area (Å²) in [6, 6.07) is 0. The molecule has 0 spiro atoms. The van der Waals surface area contributed by atoms with Crippen molar-refractivity contribution in [2.45, 2.75) is 61.9 Å². The maximum atomic E-state index is 4.97. The molecule has 1 rings (SSSR count). The van der Waals surface area contributed by atoms with Crippen LogP contribution in [0.2, 0.25) is 6.55 Å². The molecule has 1 aliphatic carbocycles. The Balaban J connectivity index is 0.00000129. The molecule has 0 aliphatic heterocycles. The SMILES string of the molecule is CCN(CC)[Si](C)([C]1[C](C)[C](C)[C](C)[C]1C)N(CC)CC.[Cl][Ti+]([Cl])[Cl]. The van der Waals surface area contributed by atoms with E-state index < -0.39 is 23.1 Å². The van der Waals surface area contributed by atoms with Crippen LogP contribution in [0, 0.1) is 29.2 Å². The van der Waals surface area contributed by atoms with E-state index in [0.29, 0.717) is 0 Å². The van der Waals surface area contributed by atoms with E-state index in [4.69, 9.17) is 27.9 Å². The van der Waals surface area contributed by atoms with E-state index in [1.165, 1.54) is 23.7 Å². The zero-order valence-corrected chi connectivity index (χ0v) is 22.2. The van der Waals surface area contributed by atoms with E-state index in [1.807, 2.05) is 0 Å². The van der Waals surface area contributed by atoms with Gasteiger partial charge in [-0.25, -0.2) is 0 Å². The van der Waals surface area contributed by atoms with Crippen LogP contribution in [0.3, 0.4) is 0 Å². The van der Waals surface area contributed by atoms with E-state index in [2.05, 4.69) is 71.1 Å². The van der Waals surface area contributed by atoms with Crippen molar-refractivity contribution >= 4 is 36.3 Å². The molecular weight excluding hydrogens is 427 g/mol. The maximum absolute atomic E-state index is 4.97. The number of halogens is 3. The molecule has 5 radical (unpaired) electrons. The van der Waals surface area contributed by atoms with Crippen molar-refractivity contribution in [3.8, 4) is 0 Å². The summed E-state index contributed by atoms with van der Waals surface area (Å²) >= 11 is -1.92. The molecule has 0 aromatic rings. The van der Waals surface area contributed by atoms with E-state index in [9.17, 15) is 0 Å². The summed E-state index contributed by atoms with van der Waals surface area (Å²) in [6.45, 7) is 25.6. The van der Waals surface area contributed by atoms with Crippen LogP contribution in [0.1, 0.15) is 55.4 Å². The third kappa shape index (κ3) is 6.36. The van der Waals surface area contributed by atoms with Gasteiger partial charge in [-0.15, -0.1) is 0 Å². The van der Waals surface area contributed by atoms with Crippen LogP contribution in [-0.2, 0) is 14.7 Å². The van der Waals surface area contributed by atoms with Gasteiger partial charge in [-0.1, -0.05) is 55.4 Å². The predicted molar refractivity (Wildman–Crippen MR) is 114 cm³/mol. The Bertz CT molecular complexity index is 339. The fourth-order valence-corrected chi connectivity index (χ4v) is 9.42. The van der Waals surface area contributed by atoms with Gasteiger partial charge in [0.2, 0.25) is 8.40 Å². The topological polar surface area (TPSA) is 6.48 Å². The van der Waals surface area contributed by atoms with Gasteiger partial charge in [0.25, 0.3) is 0 Å². The van der Waals surface area contributed by atoms with Crippen molar-refractivity contribution in [1.29, 1.82) is 0 Å². The quantitative estimate of drug-likeness (QED) is 0.410. The molecule has 0 aromatic heterocycles. The van der Waals surface area contributed by atoms with Gasteiger partial charge in [0.1, 0.15) is 0 Å². The molecule has 1 saturated carbocycles. The van der Waals surface area contributed by atoms with Gasteiger partial charge in [-0.05, 0) is 56.4 Å². The Hall–Kier alpha value is 1.72. The first-order valence-corrected chi connectivity index (χ1v) is 17.9. The predicted octanol–water partition coefficient (Wildman–Crippen LogP) is 6.31. The Morgan fingerprint density at radius 1 is 0.680 bits per heavy atom. The summed E-state index contributed by atoms with van der Waals surface area (Å²) in [5.74, 6) is 6.08. The summed E-state index contributed by atoms with van der Waals surface area (Å²) in [6.07, 6.45) is 0. The van der Waals surface area contributed by atoms with Crippen LogP contribution in [0.25, 0.3) is 0 Å². The van der Waals surface area contributed by atoms with Gasteiger partial charge < -0.3 is 9.13 Å². The monoisotopic (exact) mass is 460 g/mol. The van der Waals surface area contributed by atoms with Gasteiger partial charge >= 0.3 is 42.6 Å². The molecule has 0 saturated heterocycles. The third-order valence-electron chi connectivity index (χ3n) is 5.67. The average Bonchev–Trinajstić information content (AvgIpc) is 2.73. The van der Waals surface area contributed by atoms with Crippen molar-refractivity contribution in [2.24, 2.45) is 0 Å². The number of nitrogens with zero attached hydrogens (tertiary/aromatic N) is 2. The zero-order valence-electron chi connectivity index (χ0n) is 17.4. The first-order valence-electron chi connectivity index (χ1n) is 9.11. The molecule has 0 N–H and O–H groups in total. The Morgan fingerprint density at radius 2 is 0.920 bits per heavy atom. The van der Waals surface area contributed by atoms with Crippen molar-refractivity contribution in [1.82, 2.24) is 9.13 Å². The Kier molecular flexibility index (Phi) is 13.2.